The van der Waals surface area contributed by atoms with E-state index in [1.165, 1.54) is 14.2 Å². The molecule has 64 heavy (non-hydrogen) atoms. The van der Waals surface area contributed by atoms with Crippen molar-refractivity contribution < 1.29 is 82.1 Å². The molecule has 370 valence electrons. The first-order valence-electron chi connectivity index (χ1n) is 23.8. The molecule has 0 bridgehead atoms. The van der Waals surface area contributed by atoms with Crippen LogP contribution in [0.15, 0.2) is 0 Å². The Kier molecular flexibility index (Phi) is 15.1. The molecule has 1 spiro atoms. The fraction of sp³-hybridized carbons (Fsp3) is 0.979. The maximum absolute atomic E-state index is 11.9. The van der Waals surface area contributed by atoms with E-state index in [2.05, 4.69) is 13.8 Å². The van der Waals surface area contributed by atoms with Crippen LogP contribution in [-0.4, -0.2) is 169 Å². The van der Waals surface area contributed by atoms with E-state index < -0.39 is 102 Å². The van der Waals surface area contributed by atoms with Crippen molar-refractivity contribution in [2.45, 2.75) is 234 Å². The third-order valence-corrected chi connectivity index (χ3v) is 16.8. The summed E-state index contributed by atoms with van der Waals surface area (Å²) in [5.41, 5.74) is -1.60. The minimum atomic E-state index is -2.03. The zero-order valence-corrected chi connectivity index (χ0v) is 40.4. The quantitative estimate of drug-likeness (QED) is 0.203. The molecule has 0 aromatic carbocycles. The summed E-state index contributed by atoms with van der Waals surface area (Å²) < 4.78 is 77.6. The molecule has 0 aliphatic carbocycles. The number of hydrogen-bond acceptors (Lipinski definition) is 16. The largest absolute Gasteiger partial charge is 0.481 e. The fourth-order valence-corrected chi connectivity index (χ4v) is 12.7. The third-order valence-electron chi connectivity index (χ3n) is 16.8. The van der Waals surface area contributed by atoms with Gasteiger partial charge in [-0.05, 0) is 59.3 Å². The van der Waals surface area contributed by atoms with Gasteiger partial charge in [0, 0.05) is 77.8 Å². The summed E-state index contributed by atoms with van der Waals surface area (Å²) in [5, 5.41) is 44.3. The van der Waals surface area contributed by atoms with Gasteiger partial charge in [0.2, 0.25) is 0 Å². The molecule has 0 aromatic rings. The summed E-state index contributed by atoms with van der Waals surface area (Å²) in [6.45, 7) is 17.5. The second kappa shape index (κ2) is 19.0. The highest BCUT2D eigenvalue weighted by Crippen LogP contribution is 2.55. The number of carbonyl (C=O) groups is 1. The minimum absolute atomic E-state index is 0.0406. The molecule has 0 radical (unpaired) electrons. The van der Waals surface area contributed by atoms with Crippen molar-refractivity contribution in [2.24, 2.45) is 29.6 Å². The van der Waals surface area contributed by atoms with Crippen LogP contribution in [0.5, 0.6) is 0 Å². The van der Waals surface area contributed by atoms with Crippen molar-refractivity contribution in [1.29, 1.82) is 0 Å². The highest BCUT2D eigenvalue weighted by atomic mass is 16.7. The first-order valence-corrected chi connectivity index (χ1v) is 23.8. The smallest absolute Gasteiger partial charge is 0.308 e. The maximum atomic E-state index is 11.9. The van der Waals surface area contributed by atoms with Gasteiger partial charge in [-0.2, -0.15) is 0 Å². The molecule has 0 saturated carbocycles. The van der Waals surface area contributed by atoms with Crippen LogP contribution in [0.1, 0.15) is 120 Å². The number of aliphatic hydroxyl groups excluding tert-OH is 1. The molecular formula is C47H80O17. The van der Waals surface area contributed by atoms with Crippen LogP contribution in [0.3, 0.4) is 0 Å². The summed E-state index contributed by atoms with van der Waals surface area (Å²) in [4.78, 5) is 11.9. The summed E-state index contributed by atoms with van der Waals surface area (Å²) in [7, 11) is 6.37. The van der Waals surface area contributed by atoms with Crippen LogP contribution in [0.2, 0.25) is 0 Å². The van der Waals surface area contributed by atoms with Crippen LogP contribution in [0, 0.1) is 29.6 Å². The number of carboxylic acids is 1. The van der Waals surface area contributed by atoms with Crippen LogP contribution in [0.4, 0.5) is 0 Å². The van der Waals surface area contributed by atoms with Gasteiger partial charge in [0.15, 0.2) is 23.7 Å². The molecule has 17 nitrogen and oxygen atoms in total. The molecule has 7 heterocycles. The number of rotatable bonds is 13. The highest BCUT2D eigenvalue weighted by molar-refractivity contribution is 5.68. The summed E-state index contributed by atoms with van der Waals surface area (Å²) >= 11 is 0. The normalized spacial score (nSPS) is 54.1. The topological polar surface area (TPSA) is 209 Å². The predicted molar refractivity (Wildman–Crippen MR) is 228 cm³/mol. The molecule has 17 heteroatoms. The molecule has 4 N–H and O–H groups in total. The van der Waals surface area contributed by atoms with Gasteiger partial charge in [0.05, 0.1) is 78.7 Å². The molecule has 7 saturated heterocycles. The van der Waals surface area contributed by atoms with E-state index in [0.29, 0.717) is 38.5 Å². The first kappa shape index (κ1) is 50.7. The monoisotopic (exact) mass is 917 g/mol. The molecule has 0 amide bonds. The van der Waals surface area contributed by atoms with Crippen molar-refractivity contribution in [3.63, 3.8) is 0 Å². The van der Waals surface area contributed by atoms with Crippen molar-refractivity contribution in [2.75, 3.05) is 28.4 Å². The second-order valence-corrected chi connectivity index (χ2v) is 21.3. The average Bonchev–Trinajstić information content (AvgIpc) is 3.94. The first-order chi connectivity index (χ1) is 30.0. The van der Waals surface area contributed by atoms with Crippen molar-refractivity contribution in [3.05, 3.63) is 0 Å². The lowest BCUT2D eigenvalue weighted by Gasteiger charge is -2.53. The molecule has 7 aliphatic heterocycles. The van der Waals surface area contributed by atoms with Gasteiger partial charge in [-0.3, -0.25) is 4.79 Å². The number of hydrogen-bond donors (Lipinski definition) is 4. The SMILES string of the molecule is CO[C@@H]1[C@@H](OC)[C@H](C)C(O)(CC(=O)O)O[C@H]1[C@H](C)[C@H]1O[C@@]2(CC[C@@](C)([C@H]3CC[C@@](C)([C@@H]4O[C@@H]([C@H]5OC(C)(O)[C@H](C)C[C@@H]5C)C[C@@H]4O[C@@H]4C[C@H](OC)[C@@H](OC)[C@H](C)O4)O3)O2)C[C@H](O)[C@H]1C. The Morgan fingerprint density at radius 1 is 0.766 bits per heavy atom. The number of ether oxygens (including phenoxy) is 12. The highest BCUT2D eigenvalue weighted by Gasteiger charge is 2.64. The Balaban J connectivity index is 1.09. The van der Waals surface area contributed by atoms with Gasteiger partial charge in [-0.15, -0.1) is 0 Å². The van der Waals surface area contributed by atoms with Crippen molar-refractivity contribution in [1.82, 2.24) is 0 Å². The van der Waals surface area contributed by atoms with Crippen LogP contribution in [0.25, 0.3) is 0 Å². The average molecular weight is 917 g/mol. The number of aliphatic hydroxyl groups is 3. The van der Waals surface area contributed by atoms with E-state index in [0.717, 1.165) is 6.42 Å². The molecule has 7 fully saturated rings. The summed E-state index contributed by atoms with van der Waals surface area (Å²) in [6, 6.07) is 0. The Labute approximate surface area is 379 Å². The van der Waals surface area contributed by atoms with E-state index in [-0.39, 0.29) is 60.8 Å². The van der Waals surface area contributed by atoms with Gasteiger partial charge in [0.1, 0.15) is 18.3 Å². The van der Waals surface area contributed by atoms with E-state index >= 15 is 0 Å². The molecule has 0 aromatic heterocycles. The van der Waals surface area contributed by atoms with Gasteiger partial charge in [0.25, 0.3) is 0 Å². The molecule has 7 aliphatic rings. The van der Waals surface area contributed by atoms with E-state index in [9.17, 15) is 25.2 Å². The Hall–Kier alpha value is -1.13. The van der Waals surface area contributed by atoms with E-state index in [1.54, 1.807) is 28.1 Å². The number of carboxylic acid groups (broad SMARTS) is 1. The van der Waals surface area contributed by atoms with Crippen LogP contribution < -0.4 is 0 Å². The van der Waals surface area contributed by atoms with Crippen molar-refractivity contribution >= 4 is 5.97 Å². The standard InChI is InChI=1S/C47H80O17/c1-23-18-24(2)45(9,51)61-36(23)31-19-32(58-35-20-30(53-10)40(55-12)28(6)57-35)42(59-31)44(8)15-14-33(60-44)43(7)16-17-46(64-43)21-29(48)25(3)37(62-46)26(4)38-41(56-13)39(54-11)27(5)47(52,63-38)22-34(49)50/h23-33,35-42,48,51-52H,14-22H2,1-13H3,(H,49,50)/t23-,24+,25+,26+,27-,28-,29-,30-,31+,32-,33+,35+,36-,37-,38-,39-,40-,41-,42+,43-,44-,45?,46+,47?/m0/s1. The van der Waals surface area contributed by atoms with Gasteiger partial charge >= 0.3 is 5.97 Å². The molecule has 24 atom stereocenters. The zero-order chi connectivity index (χ0) is 46.9. The van der Waals surface area contributed by atoms with Crippen molar-refractivity contribution in [3.8, 4) is 0 Å². The zero-order valence-electron chi connectivity index (χ0n) is 40.4. The summed E-state index contributed by atoms with van der Waals surface area (Å²) in [5.74, 6) is -7.18. The second-order valence-electron chi connectivity index (χ2n) is 21.3. The Bertz CT molecular complexity index is 1600. The predicted octanol–water partition coefficient (Wildman–Crippen LogP) is 4.32. The summed E-state index contributed by atoms with van der Waals surface area (Å²) in [6.07, 6.45) is -3.18. The minimum Gasteiger partial charge on any atom is -0.481 e. The van der Waals surface area contributed by atoms with E-state index in [4.69, 9.17) is 56.8 Å². The number of methoxy groups -OCH3 is 4. The lowest BCUT2D eigenvalue weighted by atomic mass is 9.75. The Morgan fingerprint density at radius 3 is 2.09 bits per heavy atom. The van der Waals surface area contributed by atoms with Gasteiger partial charge < -0.3 is 77.3 Å². The van der Waals surface area contributed by atoms with Gasteiger partial charge in [-0.25, -0.2) is 0 Å². The maximum Gasteiger partial charge on any atom is 0.308 e. The third kappa shape index (κ3) is 9.46. The van der Waals surface area contributed by atoms with Crippen LogP contribution in [-0.2, 0) is 61.6 Å². The van der Waals surface area contributed by atoms with Crippen LogP contribution >= 0.6 is 0 Å². The molecular weight excluding hydrogens is 836 g/mol. The molecule has 2 unspecified atom stereocenters. The molecule has 7 rings (SSSR count). The lowest BCUT2D eigenvalue weighted by Crippen LogP contribution is -2.65. The van der Waals surface area contributed by atoms with Gasteiger partial charge in [-0.1, -0.05) is 34.6 Å². The fourth-order valence-electron chi connectivity index (χ4n) is 12.7. The number of aliphatic carboxylic acids is 1. The Morgan fingerprint density at radius 2 is 1.45 bits per heavy atom. The lowest BCUT2D eigenvalue weighted by molar-refractivity contribution is -0.365. The van der Waals surface area contributed by atoms with E-state index in [1.807, 2.05) is 34.6 Å².